The topological polar surface area (TPSA) is 147 Å². The van der Waals surface area contributed by atoms with Gasteiger partial charge in [-0.15, -0.1) is 0 Å². The molecule has 0 fully saturated rings. The Morgan fingerprint density at radius 3 is 2.91 bits per heavy atom. The Labute approximate surface area is 132 Å². The third kappa shape index (κ3) is 3.08. The summed E-state index contributed by atoms with van der Waals surface area (Å²) in [5.74, 6) is -0.447. The molecule has 3 rings (SSSR count). The van der Waals surface area contributed by atoms with Gasteiger partial charge < -0.3 is 11.5 Å². The number of tetrazole rings is 1. The second kappa shape index (κ2) is 5.96. The van der Waals surface area contributed by atoms with Gasteiger partial charge in [0.05, 0.1) is 17.3 Å². The van der Waals surface area contributed by atoms with Crippen molar-refractivity contribution in [2.75, 3.05) is 5.73 Å². The average Bonchev–Trinajstić information content (AvgIpc) is 3.13. The fourth-order valence-corrected chi connectivity index (χ4v) is 1.89. The minimum atomic E-state index is -0.554. The molecule has 0 amide bonds. The van der Waals surface area contributed by atoms with Crippen molar-refractivity contribution in [1.82, 2.24) is 30.5 Å². The molecule has 23 heavy (non-hydrogen) atoms. The summed E-state index contributed by atoms with van der Waals surface area (Å²) >= 11 is 5.69. The maximum absolute atomic E-state index is 13.1. The van der Waals surface area contributed by atoms with Crippen LogP contribution >= 0.6 is 11.6 Å². The number of halogens is 2. The number of benzene rings is 1. The van der Waals surface area contributed by atoms with E-state index in [-0.39, 0.29) is 29.0 Å². The van der Waals surface area contributed by atoms with Gasteiger partial charge in [-0.2, -0.15) is 0 Å². The molecule has 3 aromatic rings. The van der Waals surface area contributed by atoms with Crippen LogP contribution in [-0.2, 0) is 6.54 Å². The Bertz CT molecular complexity index is 874. The van der Waals surface area contributed by atoms with Crippen molar-refractivity contribution in [3.05, 3.63) is 40.4 Å². The third-order valence-corrected chi connectivity index (χ3v) is 3.10. The van der Waals surface area contributed by atoms with Crippen LogP contribution < -0.4 is 11.5 Å². The van der Waals surface area contributed by atoms with Crippen molar-refractivity contribution in [2.24, 2.45) is 10.7 Å². The monoisotopic (exact) mass is 337 g/mol. The van der Waals surface area contributed by atoms with E-state index in [0.29, 0.717) is 11.4 Å². The zero-order valence-corrected chi connectivity index (χ0v) is 12.1. The fourth-order valence-electron chi connectivity index (χ4n) is 1.72. The smallest absolute Gasteiger partial charge is 0.240 e. The molecule has 12 heteroatoms. The quantitative estimate of drug-likeness (QED) is 0.517. The number of nitrogens with zero attached hydrogens (tertiary/aromatic N) is 7. The summed E-state index contributed by atoms with van der Waals surface area (Å²) < 4.78 is 19.1. The lowest BCUT2D eigenvalue weighted by atomic mass is 10.3. The standard InChI is InChI=1S/C11H9ClFN9O/c12-6-3-5(1-2-7(6)13)16-10(14)9-8(18-23-19-9)4-22-11(15)17-20-21-22/h1-3H,4H2,(H2,14,16)(H2,15,17,21). The van der Waals surface area contributed by atoms with Crippen LogP contribution in [0.15, 0.2) is 27.8 Å². The van der Waals surface area contributed by atoms with E-state index in [4.69, 9.17) is 23.1 Å². The third-order valence-electron chi connectivity index (χ3n) is 2.81. The molecule has 0 atom stereocenters. The summed E-state index contributed by atoms with van der Waals surface area (Å²) in [6, 6.07) is 3.93. The molecule has 0 radical (unpaired) electrons. The van der Waals surface area contributed by atoms with E-state index in [1.807, 2.05) is 0 Å². The van der Waals surface area contributed by atoms with E-state index in [1.54, 1.807) is 0 Å². The number of hydrogen-bond donors (Lipinski definition) is 2. The summed E-state index contributed by atoms with van der Waals surface area (Å²) in [6.07, 6.45) is 0. The molecule has 0 saturated carbocycles. The molecule has 10 nitrogen and oxygen atoms in total. The summed E-state index contributed by atoms with van der Waals surface area (Å²) in [5, 5.41) is 18.0. The van der Waals surface area contributed by atoms with Crippen LogP contribution in [0, 0.1) is 5.82 Å². The van der Waals surface area contributed by atoms with Gasteiger partial charge in [-0.1, -0.05) is 21.9 Å². The molecule has 4 N–H and O–H groups in total. The molecule has 0 aliphatic carbocycles. The van der Waals surface area contributed by atoms with Gasteiger partial charge in [0, 0.05) is 0 Å². The number of nitrogens with two attached hydrogens (primary N) is 2. The number of aromatic nitrogens is 6. The number of aliphatic imine (C=N–C) groups is 1. The van der Waals surface area contributed by atoms with Gasteiger partial charge >= 0.3 is 0 Å². The van der Waals surface area contributed by atoms with Gasteiger partial charge in [-0.05, 0) is 33.8 Å². The molecule has 0 unspecified atom stereocenters. The second-order valence-corrected chi connectivity index (χ2v) is 4.76. The lowest BCUT2D eigenvalue weighted by molar-refractivity contribution is 0.301. The van der Waals surface area contributed by atoms with Gasteiger partial charge in [0.25, 0.3) is 0 Å². The molecular weight excluding hydrogens is 329 g/mol. The minimum absolute atomic E-state index is 0.00979. The van der Waals surface area contributed by atoms with E-state index in [9.17, 15) is 4.39 Å². The fraction of sp³-hybridized carbons (Fsp3) is 0.0909. The lowest BCUT2D eigenvalue weighted by Crippen LogP contribution is -2.17. The maximum atomic E-state index is 13.1. The largest absolute Gasteiger partial charge is 0.382 e. The van der Waals surface area contributed by atoms with Gasteiger partial charge in [0.1, 0.15) is 11.5 Å². The van der Waals surface area contributed by atoms with Gasteiger partial charge in [0.15, 0.2) is 11.5 Å². The van der Waals surface area contributed by atoms with E-state index < -0.39 is 5.82 Å². The molecule has 0 saturated heterocycles. The number of rotatable bonds is 4. The van der Waals surface area contributed by atoms with Crippen molar-refractivity contribution in [2.45, 2.75) is 6.54 Å². The van der Waals surface area contributed by atoms with Crippen molar-refractivity contribution < 1.29 is 9.02 Å². The van der Waals surface area contributed by atoms with Crippen molar-refractivity contribution in [1.29, 1.82) is 0 Å². The Hall–Kier alpha value is -3.08. The lowest BCUT2D eigenvalue weighted by Gasteiger charge is -2.01. The highest BCUT2D eigenvalue weighted by atomic mass is 35.5. The normalized spacial score (nSPS) is 11.8. The van der Waals surface area contributed by atoms with Crippen LogP contribution in [0.25, 0.3) is 0 Å². The Balaban J connectivity index is 1.89. The van der Waals surface area contributed by atoms with Gasteiger partial charge in [-0.3, -0.25) is 0 Å². The van der Waals surface area contributed by atoms with Crippen LogP contribution in [0.4, 0.5) is 16.0 Å². The van der Waals surface area contributed by atoms with E-state index in [0.717, 1.165) is 0 Å². The molecule has 0 aliphatic rings. The summed E-state index contributed by atoms with van der Waals surface area (Å²) in [6.45, 7) is 0.0953. The van der Waals surface area contributed by atoms with E-state index >= 15 is 0 Å². The zero-order valence-electron chi connectivity index (χ0n) is 11.4. The molecule has 118 valence electrons. The first-order valence-corrected chi connectivity index (χ1v) is 6.55. The molecule has 2 heterocycles. The molecule has 2 aromatic heterocycles. The first-order valence-electron chi connectivity index (χ1n) is 6.17. The first kappa shape index (κ1) is 14.8. The summed E-state index contributed by atoms with van der Waals surface area (Å²) in [7, 11) is 0. The SMILES string of the molecule is NC(=Nc1ccc(F)c(Cl)c1)c1nonc1Cn1nnnc1N. The van der Waals surface area contributed by atoms with Crippen molar-refractivity contribution in [3.8, 4) is 0 Å². The highest BCUT2D eigenvalue weighted by molar-refractivity contribution is 6.31. The van der Waals surface area contributed by atoms with Crippen molar-refractivity contribution in [3.63, 3.8) is 0 Å². The molecule has 0 aliphatic heterocycles. The Kier molecular flexibility index (Phi) is 3.85. The zero-order chi connectivity index (χ0) is 16.4. The average molecular weight is 338 g/mol. The van der Waals surface area contributed by atoms with E-state index in [2.05, 4.69) is 35.5 Å². The number of anilines is 1. The van der Waals surface area contributed by atoms with Crippen LogP contribution in [0.2, 0.25) is 5.02 Å². The van der Waals surface area contributed by atoms with Crippen LogP contribution in [0.3, 0.4) is 0 Å². The first-order chi connectivity index (χ1) is 11.0. The number of hydrogen-bond acceptors (Lipinski definition) is 8. The maximum Gasteiger partial charge on any atom is 0.240 e. The van der Waals surface area contributed by atoms with Crippen LogP contribution in [0.1, 0.15) is 11.4 Å². The van der Waals surface area contributed by atoms with E-state index in [1.165, 1.54) is 22.9 Å². The number of amidine groups is 1. The summed E-state index contributed by atoms with van der Waals surface area (Å²) in [5.41, 5.74) is 12.3. The second-order valence-electron chi connectivity index (χ2n) is 4.35. The van der Waals surface area contributed by atoms with Gasteiger partial charge in [0.2, 0.25) is 5.95 Å². The predicted octanol–water partition coefficient (Wildman–Crippen LogP) is 0.516. The molecule has 0 spiro atoms. The molecular formula is C11H9ClFN9O. The minimum Gasteiger partial charge on any atom is -0.382 e. The predicted molar refractivity (Wildman–Crippen MR) is 77.4 cm³/mol. The number of nitrogen functional groups attached to an aromatic ring is 1. The van der Waals surface area contributed by atoms with Crippen LogP contribution in [0.5, 0.6) is 0 Å². The summed E-state index contributed by atoms with van der Waals surface area (Å²) in [4.78, 5) is 4.10. The highest BCUT2D eigenvalue weighted by Crippen LogP contribution is 2.22. The molecule has 1 aromatic carbocycles. The Morgan fingerprint density at radius 1 is 1.39 bits per heavy atom. The molecule has 0 bridgehead atoms. The van der Waals surface area contributed by atoms with Gasteiger partial charge in [-0.25, -0.2) is 18.7 Å². The Morgan fingerprint density at radius 2 is 2.22 bits per heavy atom. The van der Waals surface area contributed by atoms with Crippen LogP contribution in [-0.4, -0.2) is 36.4 Å². The highest BCUT2D eigenvalue weighted by Gasteiger charge is 2.16. The van der Waals surface area contributed by atoms with Crippen molar-refractivity contribution >= 4 is 29.1 Å².